The molecule has 2 aromatic carbocycles. The summed E-state index contributed by atoms with van der Waals surface area (Å²) < 4.78 is 40.3. The van der Waals surface area contributed by atoms with E-state index in [1.807, 2.05) is 13.8 Å². The van der Waals surface area contributed by atoms with Gasteiger partial charge in [0, 0.05) is 11.3 Å². The molecule has 0 saturated heterocycles. The molecule has 7 heteroatoms. The van der Waals surface area contributed by atoms with Crippen LogP contribution in [-0.4, -0.2) is 21.2 Å². The van der Waals surface area contributed by atoms with Crippen molar-refractivity contribution in [3.8, 4) is 5.75 Å². The highest BCUT2D eigenvalue weighted by molar-refractivity contribution is 6.06. The van der Waals surface area contributed by atoms with Gasteiger partial charge in [-0.1, -0.05) is 63.2 Å². The van der Waals surface area contributed by atoms with E-state index in [2.05, 4.69) is 4.98 Å². The van der Waals surface area contributed by atoms with Crippen LogP contribution in [0.5, 0.6) is 5.75 Å². The van der Waals surface area contributed by atoms with Crippen molar-refractivity contribution in [3.05, 3.63) is 70.9 Å². The number of halogens is 3. The van der Waals surface area contributed by atoms with Crippen LogP contribution in [0.25, 0.3) is 10.9 Å². The Morgan fingerprint density at radius 1 is 1.07 bits per heavy atom. The van der Waals surface area contributed by atoms with Gasteiger partial charge in [-0.05, 0) is 18.1 Å². The fourth-order valence-electron chi connectivity index (χ4n) is 3.26. The summed E-state index contributed by atoms with van der Waals surface area (Å²) in [5.41, 5.74) is -1.44. The van der Waals surface area contributed by atoms with Crippen molar-refractivity contribution in [1.29, 1.82) is 0 Å². The summed E-state index contributed by atoms with van der Waals surface area (Å²) in [7, 11) is 0. The van der Waals surface area contributed by atoms with Crippen molar-refractivity contribution in [2.24, 2.45) is 0 Å². The summed E-state index contributed by atoms with van der Waals surface area (Å²) in [6.07, 6.45) is -4.28. The van der Waals surface area contributed by atoms with Gasteiger partial charge in [-0.2, -0.15) is 13.2 Å². The Bertz CT molecular complexity index is 1000. The third-order valence-corrected chi connectivity index (χ3v) is 4.48. The lowest BCUT2D eigenvalue weighted by Gasteiger charge is -2.20. The number of aromatic nitrogens is 1. The number of hydrogen-bond donors (Lipinski definition) is 2. The molecule has 0 aliphatic rings. The number of para-hydroxylation sites is 1. The maximum Gasteiger partial charge on any atom is 0.418 e. The molecule has 0 aliphatic heterocycles. The third kappa shape index (κ3) is 4.34. The van der Waals surface area contributed by atoms with E-state index in [0.717, 1.165) is 17.7 Å². The number of carboxylic acid groups (broad SMARTS) is 1. The third-order valence-electron chi connectivity index (χ3n) is 4.48. The van der Waals surface area contributed by atoms with Crippen molar-refractivity contribution < 1.29 is 28.2 Å². The Balaban J connectivity index is 0.00000145. The Kier molecular flexibility index (Phi) is 6.84. The van der Waals surface area contributed by atoms with Gasteiger partial charge in [0.25, 0.3) is 0 Å². The molecule has 4 nitrogen and oxygen atoms in total. The van der Waals surface area contributed by atoms with Gasteiger partial charge in [0.2, 0.25) is 0 Å². The molecule has 3 rings (SSSR count). The summed E-state index contributed by atoms with van der Waals surface area (Å²) in [6, 6.07) is 12.0. The Morgan fingerprint density at radius 2 is 1.69 bits per heavy atom. The molecule has 29 heavy (non-hydrogen) atoms. The van der Waals surface area contributed by atoms with Crippen LogP contribution in [-0.2, 0) is 6.18 Å². The van der Waals surface area contributed by atoms with Crippen LogP contribution in [0.4, 0.5) is 13.2 Å². The van der Waals surface area contributed by atoms with Crippen LogP contribution in [0, 0.1) is 0 Å². The van der Waals surface area contributed by atoms with E-state index in [0.29, 0.717) is 6.42 Å². The number of rotatable bonds is 4. The molecule has 1 atom stereocenters. The fourth-order valence-corrected chi connectivity index (χ4v) is 3.26. The predicted molar refractivity (Wildman–Crippen MR) is 105 cm³/mol. The van der Waals surface area contributed by atoms with Gasteiger partial charge in [-0.25, -0.2) is 9.78 Å². The lowest BCUT2D eigenvalue weighted by Crippen LogP contribution is -2.12. The number of aromatic hydroxyl groups is 1. The molecule has 154 valence electrons. The number of benzene rings is 2. The number of hydrogen-bond acceptors (Lipinski definition) is 3. The number of carboxylic acids is 1. The largest absolute Gasteiger partial charge is 0.505 e. The monoisotopic (exact) mass is 405 g/mol. The Hall–Kier alpha value is -3.09. The molecular formula is C22H22F3NO3. The van der Waals surface area contributed by atoms with E-state index in [1.165, 1.54) is 6.07 Å². The van der Waals surface area contributed by atoms with Gasteiger partial charge >= 0.3 is 12.1 Å². The molecule has 1 unspecified atom stereocenters. The zero-order chi connectivity index (χ0) is 21.8. The first kappa shape index (κ1) is 22.2. The van der Waals surface area contributed by atoms with E-state index >= 15 is 0 Å². The second-order valence-electron chi connectivity index (χ2n) is 6.10. The zero-order valence-electron chi connectivity index (χ0n) is 16.3. The molecule has 2 N–H and O–H groups in total. The Morgan fingerprint density at radius 3 is 2.21 bits per heavy atom. The van der Waals surface area contributed by atoms with Gasteiger partial charge in [0.1, 0.15) is 5.56 Å². The molecule has 0 saturated carbocycles. The maximum absolute atomic E-state index is 13.4. The molecular weight excluding hydrogens is 383 g/mol. The Labute approximate surface area is 166 Å². The quantitative estimate of drug-likeness (QED) is 0.540. The van der Waals surface area contributed by atoms with Crippen LogP contribution in [0.15, 0.2) is 48.5 Å². The van der Waals surface area contributed by atoms with Gasteiger partial charge < -0.3 is 10.2 Å². The summed E-state index contributed by atoms with van der Waals surface area (Å²) in [5.74, 6) is -2.66. The molecule has 0 amide bonds. The first-order valence-corrected chi connectivity index (χ1v) is 9.26. The number of alkyl halides is 3. The van der Waals surface area contributed by atoms with Crippen molar-refractivity contribution >= 4 is 16.9 Å². The fraction of sp³-hybridized carbons (Fsp3) is 0.273. The normalized spacial score (nSPS) is 12.2. The number of nitrogens with zero attached hydrogens (tertiary/aromatic N) is 1. The summed E-state index contributed by atoms with van der Waals surface area (Å²) in [6.45, 7) is 5.79. The van der Waals surface area contributed by atoms with Gasteiger partial charge in [-0.15, -0.1) is 0 Å². The van der Waals surface area contributed by atoms with E-state index < -0.39 is 40.5 Å². The average molecular weight is 405 g/mol. The maximum atomic E-state index is 13.4. The molecule has 0 spiro atoms. The van der Waals surface area contributed by atoms with E-state index in [9.17, 15) is 28.2 Å². The van der Waals surface area contributed by atoms with E-state index in [4.69, 9.17) is 0 Å². The van der Waals surface area contributed by atoms with Crippen molar-refractivity contribution in [2.75, 3.05) is 0 Å². The minimum absolute atomic E-state index is 0.0784. The highest BCUT2D eigenvalue weighted by Crippen LogP contribution is 2.41. The lowest BCUT2D eigenvalue weighted by molar-refractivity contribution is -0.136. The predicted octanol–water partition coefficient (Wildman–Crippen LogP) is 6.23. The van der Waals surface area contributed by atoms with Crippen molar-refractivity contribution in [3.63, 3.8) is 0 Å². The van der Waals surface area contributed by atoms with E-state index in [-0.39, 0.29) is 11.1 Å². The molecule has 1 aromatic heterocycles. The lowest BCUT2D eigenvalue weighted by atomic mass is 9.90. The molecule has 0 aliphatic carbocycles. The van der Waals surface area contributed by atoms with E-state index in [1.54, 1.807) is 37.3 Å². The van der Waals surface area contributed by atoms with Gasteiger partial charge in [-0.3, -0.25) is 0 Å². The minimum Gasteiger partial charge on any atom is -0.505 e. The van der Waals surface area contributed by atoms with Crippen molar-refractivity contribution in [2.45, 2.75) is 39.3 Å². The number of aromatic carboxylic acids is 1. The number of carbonyl (C=O) groups is 1. The van der Waals surface area contributed by atoms with Gasteiger partial charge in [0.05, 0.1) is 16.8 Å². The smallest absolute Gasteiger partial charge is 0.418 e. The van der Waals surface area contributed by atoms with Crippen LogP contribution in [0.1, 0.15) is 60.3 Å². The summed E-state index contributed by atoms with van der Waals surface area (Å²) in [4.78, 5) is 15.8. The zero-order valence-corrected chi connectivity index (χ0v) is 16.3. The second kappa shape index (κ2) is 8.94. The standard InChI is InChI=1S/C20H16F3NO3.C2H6/c1-2-12(11-7-4-3-5-8-11)17-18(25)15(19(26)27)13-9-6-10-14(16(13)24-17)20(21,22)23;1-2/h3-10,12,25H,2H2,1H3,(H,26,27);1-2H3. The molecule has 3 aromatic rings. The molecule has 0 radical (unpaired) electrons. The van der Waals surface area contributed by atoms with Crippen LogP contribution >= 0.6 is 0 Å². The first-order valence-electron chi connectivity index (χ1n) is 9.26. The SMILES string of the molecule is CC.CCC(c1ccccc1)c1nc2c(C(F)(F)F)cccc2c(C(=O)O)c1O. The van der Waals surface area contributed by atoms with Crippen molar-refractivity contribution in [1.82, 2.24) is 4.98 Å². The number of fused-ring (bicyclic) bond motifs is 1. The highest BCUT2D eigenvalue weighted by atomic mass is 19.4. The first-order chi connectivity index (χ1) is 13.8. The molecule has 1 heterocycles. The summed E-state index contributed by atoms with van der Waals surface area (Å²) in [5, 5.41) is 19.9. The van der Waals surface area contributed by atoms with Crippen LogP contribution in [0.2, 0.25) is 0 Å². The minimum atomic E-state index is -4.70. The second-order valence-corrected chi connectivity index (χ2v) is 6.10. The molecule has 0 bridgehead atoms. The van der Waals surface area contributed by atoms with Gasteiger partial charge in [0.15, 0.2) is 5.75 Å². The van der Waals surface area contributed by atoms with Crippen LogP contribution < -0.4 is 0 Å². The molecule has 0 fully saturated rings. The highest BCUT2D eigenvalue weighted by Gasteiger charge is 2.35. The average Bonchev–Trinajstić information content (AvgIpc) is 2.69. The summed E-state index contributed by atoms with van der Waals surface area (Å²) >= 11 is 0. The number of pyridine rings is 1. The topological polar surface area (TPSA) is 70.4 Å². The van der Waals surface area contributed by atoms with Crippen LogP contribution in [0.3, 0.4) is 0 Å².